The van der Waals surface area contributed by atoms with Crippen molar-refractivity contribution in [1.82, 2.24) is 9.71 Å². The summed E-state index contributed by atoms with van der Waals surface area (Å²) in [5, 5.41) is 0. The molecule has 84 valence electrons. The van der Waals surface area contributed by atoms with Crippen molar-refractivity contribution in [2.45, 2.75) is 31.2 Å². The summed E-state index contributed by atoms with van der Waals surface area (Å²) in [6, 6.07) is 2.74. The van der Waals surface area contributed by atoms with E-state index in [2.05, 4.69) is 9.71 Å². The first-order valence-corrected chi connectivity index (χ1v) is 5.92. The van der Waals surface area contributed by atoms with Crippen LogP contribution in [0.1, 0.15) is 20.8 Å². The number of pyridine rings is 1. The third-order valence-corrected chi connectivity index (χ3v) is 3.29. The highest BCUT2D eigenvalue weighted by atomic mass is 32.2. The lowest BCUT2D eigenvalue weighted by molar-refractivity contribution is 0.491. The van der Waals surface area contributed by atoms with E-state index in [1.807, 2.05) is 0 Å². The Bertz CT molecular complexity index is 497. The van der Waals surface area contributed by atoms with Crippen molar-refractivity contribution in [3.05, 3.63) is 28.7 Å². The number of aromatic nitrogens is 1. The van der Waals surface area contributed by atoms with Gasteiger partial charge >= 0.3 is 0 Å². The molecule has 1 rings (SSSR count). The summed E-state index contributed by atoms with van der Waals surface area (Å²) >= 11 is 0. The van der Waals surface area contributed by atoms with E-state index in [-0.39, 0.29) is 4.90 Å². The van der Waals surface area contributed by atoms with Gasteiger partial charge in [0.2, 0.25) is 10.0 Å². The van der Waals surface area contributed by atoms with Crippen molar-refractivity contribution in [3.8, 4) is 0 Å². The number of sulfonamides is 1. The monoisotopic (exact) mass is 230 g/mol. The number of nitrogens with one attached hydrogen (secondary N) is 2. The van der Waals surface area contributed by atoms with Crippen molar-refractivity contribution in [1.29, 1.82) is 0 Å². The van der Waals surface area contributed by atoms with Crippen LogP contribution in [0.15, 0.2) is 28.0 Å². The first kappa shape index (κ1) is 11.9. The molecular formula is C9H14N2O3S. The summed E-state index contributed by atoms with van der Waals surface area (Å²) in [4.78, 5) is 13.3. The van der Waals surface area contributed by atoms with E-state index in [0.29, 0.717) is 0 Å². The van der Waals surface area contributed by atoms with Gasteiger partial charge in [0.25, 0.3) is 5.56 Å². The lowest BCUT2D eigenvalue weighted by Crippen LogP contribution is -2.42. The third-order valence-electron chi connectivity index (χ3n) is 1.51. The summed E-state index contributed by atoms with van der Waals surface area (Å²) in [5.74, 6) is 0. The molecule has 5 nitrogen and oxygen atoms in total. The largest absolute Gasteiger partial charge is 0.328 e. The molecule has 0 fully saturated rings. The first-order chi connectivity index (χ1) is 6.72. The fourth-order valence-electron chi connectivity index (χ4n) is 1.08. The van der Waals surface area contributed by atoms with Crippen molar-refractivity contribution in [3.63, 3.8) is 0 Å². The van der Waals surface area contributed by atoms with Crippen LogP contribution in [0.4, 0.5) is 0 Å². The molecule has 0 amide bonds. The maximum atomic E-state index is 11.7. The van der Waals surface area contributed by atoms with Crippen LogP contribution in [0.25, 0.3) is 0 Å². The highest BCUT2D eigenvalue weighted by Gasteiger charge is 2.23. The smallest absolute Gasteiger partial charge is 0.268 e. The van der Waals surface area contributed by atoms with Gasteiger partial charge in [-0.25, -0.2) is 13.1 Å². The Labute approximate surface area is 88.6 Å². The molecule has 6 heteroatoms. The van der Waals surface area contributed by atoms with Crippen LogP contribution in [0.2, 0.25) is 0 Å². The highest BCUT2D eigenvalue weighted by Crippen LogP contribution is 2.07. The van der Waals surface area contributed by atoms with E-state index >= 15 is 0 Å². The van der Waals surface area contributed by atoms with Gasteiger partial charge in [0, 0.05) is 11.7 Å². The summed E-state index contributed by atoms with van der Waals surface area (Å²) in [5.41, 5.74) is -1.23. The Kier molecular flexibility index (Phi) is 3.01. The molecule has 2 N–H and O–H groups in total. The van der Waals surface area contributed by atoms with Crippen LogP contribution in [-0.2, 0) is 10.0 Å². The molecular weight excluding hydrogens is 216 g/mol. The van der Waals surface area contributed by atoms with Gasteiger partial charge in [-0.1, -0.05) is 0 Å². The molecule has 0 aromatic carbocycles. The second-order valence-corrected chi connectivity index (χ2v) is 5.87. The molecule has 1 aromatic heterocycles. The maximum Gasteiger partial charge on any atom is 0.268 e. The minimum absolute atomic E-state index is 0.264. The van der Waals surface area contributed by atoms with E-state index < -0.39 is 21.1 Å². The Hall–Kier alpha value is -1.14. The molecule has 15 heavy (non-hydrogen) atoms. The Morgan fingerprint density at radius 3 is 2.40 bits per heavy atom. The number of rotatable bonds is 2. The summed E-state index contributed by atoms with van der Waals surface area (Å²) in [6.07, 6.45) is 1.39. The SMILES string of the molecule is CC(C)(C)NS(=O)(=O)c1ccc[nH]c1=O. The molecule has 0 atom stereocenters. The molecule has 1 aromatic rings. The van der Waals surface area contributed by atoms with E-state index in [0.717, 1.165) is 0 Å². The molecule has 0 aliphatic rings. The van der Waals surface area contributed by atoms with Gasteiger partial charge in [-0.3, -0.25) is 4.79 Å². The Morgan fingerprint density at radius 1 is 1.33 bits per heavy atom. The number of H-pyrrole nitrogens is 1. The lowest BCUT2D eigenvalue weighted by atomic mass is 10.1. The van der Waals surface area contributed by atoms with Gasteiger partial charge in [-0.05, 0) is 32.9 Å². The number of hydrogen-bond acceptors (Lipinski definition) is 3. The first-order valence-electron chi connectivity index (χ1n) is 4.44. The van der Waals surface area contributed by atoms with Gasteiger partial charge in [-0.15, -0.1) is 0 Å². The average Bonchev–Trinajstić information content (AvgIpc) is 1.99. The van der Waals surface area contributed by atoms with Gasteiger partial charge in [0.15, 0.2) is 0 Å². The Balaban J connectivity index is 3.20. The van der Waals surface area contributed by atoms with Crippen LogP contribution >= 0.6 is 0 Å². The normalized spacial score (nSPS) is 12.7. The minimum Gasteiger partial charge on any atom is -0.328 e. The standard InChI is InChI=1S/C9H14N2O3S/c1-9(2,3)11-15(13,14)7-5-4-6-10-8(7)12/h4-6,11H,1-3H3,(H,10,12). The quantitative estimate of drug-likeness (QED) is 0.774. The predicted octanol–water partition coefficient (Wildman–Crippen LogP) is 0.452. The van der Waals surface area contributed by atoms with Crippen LogP contribution < -0.4 is 10.3 Å². The topological polar surface area (TPSA) is 79.0 Å². The number of aromatic amines is 1. The predicted molar refractivity (Wildman–Crippen MR) is 57.1 cm³/mol. The molecule has 0 aliphatic carbocycles. The van der Waals surface area contributed by atoms with Gasteiger partial charge in [0.05, 0.1) is 0 Å². The maximum absolute atomic E-state index is 11.7. The summed E-state index contributed by atoms with van der Waals surface area (Å²) in [7, 11) is -3.74. The Morgan fingerprint density at radius 2 is 1.93 bits per heavy atom. The number of hydrogen-bond donors (Lipinski definition) is 2. The molecule has 0 spiro atoms. The van der Waals surface area contributed by atoms with Crippen molar-refractivity contribution >= 4 is 10.0 Å². The molecule has 0 unspecified atom stereocenters. The van der Waals surface area contributed by atoms with Crippen LogP contribution in [0.3, 0.4) is 0 Å². The third kappa shape index (κ3) is 3.17. The molecule has 0 bridgehead atoms. The van der Waals surface area contributed by atoms with Gasteiger partial charge < -0.3 is 4.98 Å². The van der Waals surface area contributed by atoms with E-state index in [1.165, 1.54) is 18.3 Å². The van der Waals surface area contributed by atoms with Crippen LogP contribution in [0.5, 0.6) is 0 Å². The second kappa shape index (κ2) is 3.79. The van der Waals surface area contributed by atoms with E-state index in [1.54, 1.807) is 20.8 Å². The zero-order valence-electron chi connectivity index (χ0n) is 8.87. The average molecular weight is 230 g/mol. The molecule has 1 heterocycles. The van der Waals surface area contributed by atoms with Crippen LogP contribution in [-0.4, -0.2) is 18.9 Å². The van der Waals surface area contributed by atoms with E-state index in [4.69, 9.17) is 0 Å². The van der Waals surface area contributed by atoms with Crippen molar-refractivity contribution < 1.29 is 8.42 Å². The van der Waals surface area contributed by atoms with E-state index in [9.17, 15) is 13.2 Å². The summed E-state index contributed by atoms with van der Waals surface area (Å²) in [6.45, 7) is 5.13. The molecule has 0 radical (unpaired) electrons. The minimum atomic E-state index is -3.74. The van der Waals surface area contributed by atoms with Crippen molar-refractivity contribution in [2.75, 3.05) is 0 Å². The second-order valence-electron chi connectivity index (χ2n) is 4.22. The highest BCUT2D eigenvalue weighted by molar-refractivity contribution is 7.89. The fraction of sp³-hybridized carbons (Fsp3) is 0.444. The fourth-order valence-corrected chi connectivity index (χ4v) is 2.55. The molecule has 0 aliphatic heterocycles. The molecule has 0 saturated heterocycles. The summed E-state index contributed by atoms with van der Waals surface area (Å²) < 4.78 is 25.9. The van der Waals surface area contributed by atoms with Crippen molar-refractivity contribution in [2.24, 2.45) is 0 Å². The van der Waals surface area contributed by atoms with Gasteiger partial charge in [0.1, 0.15) is 4.90 Å². The zero-order valence-corrected chi connectivity index (χ0v) is 9.68. The lowest BCUT2D eigenvalue weighted by Gasteiger charge is -2.19. The zero-order chi connectivity index (χ0) is 11.7. The van der Waals surface area contributed by atoms with Crippen LogP contribution in [0, 0.1) is 0 Å². The van der Waals surface area contributed by atoms with Gasteiger partial charge in [-0.2, -0.15) is 0 Å². The molecule has 0 saturated carbocycles.